The first-order valence-electron chi connectivity index (χ1n) is 9.54. The molecule has 9 heteroatoms. The van der Waals surface area contributed by atoms with Crippen molar-refractivity contribution < 1.29 is 18.0 Å². The highest BCUT2D eigenvalue weighted by Gasteiger charge is 2.16. The lowest BCUT2D eigenvalue weighted by molar-refractivity contribution is -0.131. The Morgan fingerprint density at radius 1 is 1.03 bits per heavy atom. The maximum absolute atomic E-state index is 12.6. The van der Waals surface area contributed by atoms with Crippen LogP contribution in [0.25, 0.3) is 10.9 Å². The van der Waals surface area contributed by atoms with Gasteiger partial charge in [0.2, 0.25) is 11.8 Å². The van der Waals surface area contributed by atoms with Gasteiger partial charge in [0.25, 0.3) is 10.0 Å². The predicted molar refractivity (Wildman–Crippen MR) is 116 cm³/mol. The molecular weight excluding hydrogens is 404 g/mol. The number of carbonyl (C=O) groups is 2. The Morgan fingerprint density at radius 3 is 2.30 bits per heavy atom. The number of fused-ring (bicyclic) bond motifs is 1. The highest BCUT2D eigenvalue weighted by Crippen LogP contribution is 2.23. The second-order valence-electron chi connectivity index (χ2n) is 6.78. The van der Waals surface area contributed by atoms with Gasteiger partial charge in [-0.15, -0.1) is 0 Å². The maximum atomic E-state index is 12.6. The van der Waals surface area contributed by atoms with Crippen LogP contribution >= 0.6 is 0 Å². The summed E-state index contributed by atoms with van der Waals surface area (Å²) in [5.74, 6) is -0.594. The highest BCUT2D eigenvalue weighted by molar-refractivity contribution is 7.92. The number of likely N-dealkylation sites (N-methyl/N-ethyl adjacent to an activating group) is 1. The van der Waals surface area contributed by atoms with E-state index in [-0.39, 0.29) is 22.9 Å². The number of aromatic nitrogens is 1. The maximum Gasteiger partial charge on any atom is 0.261 e. The summed E-state index contributed by atoms with van der Waals surface area (Å²) in [7, 11) is -3.82. The zero-order valence-electron chi connectivity index (χ0n) is 16.8. The Kier molecular flexibility index (Phi) is 6.12. The van der Waals surface area contributed by atoms with E-state index >= 15 is 0 Å². The molecule has 8 nitrogen and oxygen atoms in total. The molecule has 2 aromatic carbocycles. The molecule has 2 amide bonds. The lowest BCUT2D eigenvalue weighted by Gasteiger charge is -2.19. The van der Waals surface area contributed by atoms with Gasteiger partial charge >= 0.3 is 0 Å². The SMILES string of the molecule is CCN(CC)C(=O)Cn1ccc2cc(NS(=O)(=O)c3ccc(C(N)=O)cc3)ccc21. The number of hydrogen-bond acceptors (Lipinski definition) is 4. The van der Waals surface area contributed by atoms with Gasteiger partial charge in [0.15, 0.2) is 0 Å². The molecule has 30 heavy (non-hydrogen) atoms. The van der Waals surface area contributed by atoms with Gasteiger partial charge in [-0.1, -0.05) is 0 Å². The minimum absolute atomic E-state index is 0.0231. The molecule has 0 atom stereocenters. The number of hydrogen-bond donors (Lipinski definition) is 2. The van der Waals surface area contributed by atoms with Gasteiger partial charge in [0.05, 0.1) is 4.90 Å². The second-order valence-corrected chi connectivity index (χ2v) is 8.46. The van der Waals surface area contributed by atoms with Crippen LogP contribution in [0.4, 0.5) is 5.69 Å². The van der Waals surface area contributed by atoms with Crippen molar-refractivity contribution in [2.24, 2.45) is 5.73 Å². The fourth-order valence-corrected chi connectivity index (χ4v) is 4.29. The smallest absolute Gasteiger partial charge is 0.261 e. The summed E-state index contributed by atoms with van der Waals surface area (Å²) in [5.41, 5.74) is 6.65. The lowest BCUT2D eigenvalue weighted by Crippen LogP contribution is -2.33. The van der Waals surface area contributed by atoms with Crippen molar-refractivity contribution in [2.45, 2.75) is 25.3 Å². The van der Waals surface area contributed by atoms with E-state index in [0.717, 1.165) is 10.9 Å². The fourth-order valence-electron chi connectivity index (χ4n) is 3.24. The van der Waals surface area contributed by atoms with Crippen LogP contribution in [-0.4, -0.2) is 42.8 Å². The van der Waals surface area contributed by atoms with Crippen molar-refractivity contribution >= 4 is 38.4 Å². The number of nitrogens with zero attached hydrogens (tertiary/aromatic N) is 2. The second kappa shape index (κ2) is 8.58. The summed E-state index contributed by atoms with van der Waals surface area (Å²) in [4.78, 5) is 25.3. The average Bonchev–Trinajstić information content (AvgIpc) is 3.10. The number of nitrogens with one attached hydrogen (secondary N) is 1. The Hall–Kier alpha value is -3.33. The van der Waals surface area contributed by atoms with Crippen LogP contribution in [0.5, 0.6) is 0 Å². The standard InChI is InChI=1S/C21H24N4O4S/c1-3-24(4-2)20(26)14-25-12-11-16-13-17(7-10-19(16)25)23-30(28,29)18-8-5-15(6-9-18)21(22)27/h5-13,23H,3-4,14H2,1-2H3,(H2,22,27). The zero-order valence-corrected chi connectivity index (χ0v) is 17.6. The summed E-state index contributed by atoms with van der Waals surface area (Å²) >= 11 is 0. The van der Waals surface area contributed by atoms with E-state index in [1.165, 1.54) is 24.3 Å². The van der Waals surface area contributed by atoms with E-state index < -0.39 is 15.9 Å². The number of carbonyl (C=O) groups excluding carboxylic acids is 2. The van der Waals surface area contributed by atoms with Crippen molar-refractivity contribution in [1.29, 1.82) is 0 Å². The molecule has 0 radical (unpaired) electrons. The number of rotatable bonds is 8. The number of nitrogens with two attached hydrogens (primary N) is 1. The summed E-state index contributed by atoms with van der Waals surface area (Å²) in [6.45, 7) is 5.41. The Morgan fingerprint density at radius 2 is 1.70 bits per heavy atom. The van der Waals surface area contributed by atoms with Crippen LogP contribution in [0.15, 0.2) is 59.6 Å². The van der Waals surface area contributed by atoms with Gasteiger partial charge in [-0.3, -0.25) is 14.3 Å². The predicted octanol–water partition coefficient (Wildman–Crippen LogP) is 2.41. The molecule has 0 aliphatic rings. The Balaban J connectivity index is 1.81. The first-order chi connectivity index (χ1) is 14.2. The van der Waals surface area contributed by atoms with E-state index in [1.807, 2.05) is 30.7 Å². The van der Waals surface area contributed by atoms with Crippen molar-refractivity contribution in [1.82, 2.24) is 9.47 Å². The van der Waals surface area contributed by atoms with Gasteiger partial charge in [-0.2, -0.15) is 0 Å². The number of amides is 2. The zero-order chi connectivity index (χ0) is 21.9. The summed E-state index contributed by atoms with van der Waals surface area (Å²) in [5, 5.41) is 0.812. The molecule has 158 valence electrons. The number of primary amides is 1. The topological polar surface area (TPSA) is 114 Å². The molecule has 0 saturated carbocycles. The van der Waals surface area contributed by atoms with Crippen molar-refractivity contribution in [2.75, 3.05) is 17.8 Å². The number of anilines is 1. The van der Waals surface area contributed by atoms with Crippen LogP contribution in [0, 0.1) is 0 Å². The van der Waals surface area contributed by atoms with Crippen molar-refractivity contribution in [3.8, 4) is 0 Å². The molecule has 0 unspecified atom stereocenters. The third-order valence-electron chi connectivity index (χ3n) is 4.89. The molecule has 0 spiro atoms. The fraction of sp³-hybridized carbons (Fsp3) is 0.238. The molecule has 1 heterocycles. The van der Waals surface area contributed by atoms with Crippen LogP contribution in [-0.2, 0) is 21.4 Å². The van der Waals surface area contributed by atoms with Crippen LogP contribution in [0.2, 0.25) is 0 Å². The first-order valence-corrected chi connectivity index (χ1v) is 11.0. The molecule has 0 bridgehead atoms. The molecule has 3 aromatic rings. The van der Waals surface area contributed by atoms with E-state index in [4.69, 9.17) is 5.73 Å². The Labute approximate surface area is 175 Å². The van der Waals surface area contributed by atoms with Crippen molar-refractivity contribution in [3.63, 3.8) is 0 Å². The third kappa shape index (κ3) is 4.46. The number of sulfonamides is 1. The van der Waals surface area contributed by atoms with E-state index in [2.05, 4.69) is 4.72 Å². The van der Waals surface area contributed by atoms with E-state index in [1.54, 1.807) is 23.1 Å². The van der Waals surface area contributed by atoms with Gasteiger partial charge in [-0.25, -0.2) is 8.42 Å². The number of benzene rings is 2. The normalized spacial score (nSPS) is 11.4. The molecule has 3 rings (SSSR count). The molecule has 3 N–H and O–H groups in total. The minimum Gasteiger partial charge on any atom is -0.366 e. The van der Waals surface area contributed by atoms with Gasteiger partial charge in [0, 0.05) is 41.4 Å². The first kappa shape index (κ1) is 21.4. The molecule has 0 fully saturated rings. The van der Waals surface area contributed by atoms with E-state index in [9.17, 15) is 18.0 Å². The Bertz CT molecular complexity index is 1180. The average molecular weight is 429 g/mol. The van der Waals surface area contributed by atoms with Crippen molar-refractivity contribution in [3.05, 3.63) is 60.3 Å². The summed E-state index contributed by atoms with van der Waals surface area (Å²) < 4.78 is 29.6. The van der Waals surface area contributed by atoms with Gasteiger partial charge in [0.1, 0.15) is 6.54 Å². The summed E-state index contributed by atoms with van der Waals surface area (Å²) in [6, 6.07) is 12.4. The van der Waals surface area contributed by atoms with Crippen LogP contribution < -0.4 is 10.5 Å². The van der Waals surface area contributed by atoms with Crippen LogP contribution in [0.1, 0.15) is 24.2 Å². The molecule has 0 aliphatic carbocycles. The molecule has 0 aliphatic heterocycles. The minimum atomic E-state index is -3.82. The monoisotopic (exact) mass is 428 g/mol. The quantitative estimate of drug-likeness (QED) is 0.573. The summed E-state index contributed by atoms with van der Waals surface area (Å²) in [6.07, 6.45) is 1.81. The largest absolute Gasteiger partial charge is 0.366 e. The molecular formula is C21H24N4O4S. The van der Waals surface area contributed by atoms with E-state index in [0.29, 0.717) is 18.8 Å². The molecule has 0 saturated heterocycles. The van der Waals surface area contributed by atoms with Crippen LogP contribution in [0.3, 0.4) is 0 Å². The molecule has 1 aromatic heterocycles. The lowest BCUT2D eigenvalue weighted by atomic mass is 10.2. The third-order valence-corrected chi connectivity index (χ3v) is 6.29. The highest BCUT2D eigenvalue weighted by atomic mass is 32.2. The van der Waals surface area contributed by atoms with Gasteiger partial charge in [-0.05, 0) is 62.4 Å². The van der Waals surface area contributed by atoms with Gasteiger partial charge < -0.3 is 15.2 Å².